The highest BCUT2D eigenvalue weighted by Gasteiger charge is 2.22. The summed E-state index contributed by atoms with van der Waals surface area (Å²) in [5.74, 6) is 1.31. The smallest absolute Gasteiger partial charge is 0.343 e. The van der Waals surface area contributed by atoms with Gasteiger partial charge in [-0.05, 0) is 36.8 Å². The summed E-state index contributed by atoms with van der Waals surface area (Å²) in [7, 11) is 0. The summed E-state index contributed by atoms with van der Waals surface area (Å²) in [6, 6.07) is 18.0. The molecule has 2 aromatic carbocycles. The maximum absolute atomic E-state index is 12.3. The van der Waals surface area contributed by atoms with Crippen LogP contribution in [0.3, 0.4) is 0 Å². The molecule has 1 heterocycles. The van der Waals surface area contributed by atoms with Gasteiger partial charge in [0.15, 0.2) is 0 Å². The first-order chi connectivity index (χ1) is 12.7. The van der Waals surface area contributed by atoms with Crippen LogP contribution in [-0.4, -0.2) is 11.0 Å². The molecular formula is C21H16N2O3. The largest absolute Gasteiger partial charge is 0.439 e. The van der Waals surface area contributed by atoms with Crippen molar-refractivity contribution in [2.45, 2.75) is 6.42 Å². The summed E-state index contributed by atoms with van der Waals surface area (Å²) < 4.78 is 11.5. The number of esters is 1. The van der Waals surface area contributed by atoms with E-state index in [2.05, 4.69) is 4.98 Å². The molecule has 1 aliphatic carbocycles. The molecule has 128 valence electrons. The first kappa shape index (κ1) is 15.9. The van der Waals surface area contributed by atoms with Crippen LogP contribution in [0.15, 0.2) is 72.9 Å². The van der Waals surface area contributed by atoms with Crippen LogP contribution in [0, 0.1) is 0 Å². The SMILES string of the molecule is Nc1ccc(Oc2cccc3c2CC=C3OC(=O)c2ccccc2)nc1. The van der Waals surface area contributed by atoms with Crippen molar-refractivity contribution in [3.05, 3.63) is 89.6 Å². The van der Waals surface area contributed by atoms with E-state index in [0.29, 0.717) is 35.1 Å². The Balaban J connectivity index is 1.55. The molecule has 26 heavy (non-hydrogen) atoms. The number of hydrogen-bond acceptors (Lipinski definition) is 5. The number of aromatic nitrogens is 1. The second kappa shape index (κ2) is 6.72. The number of fused-ring (bicyclic) bond motifs is 1. The van der Waals surface area contributed by atoms with Crippen molar-refractivity contribution in [3.8, 4) is 11.6 Å². The molecule has 0 fully saturated rings. The number of nitrogens with zero attached hydrogens (tertiary/aromatic N) is 1. The predicted molar refractivity (Wildman–Crippen MR) is 98.7 cm³/mol. The summed E-state index contributed by atoms with van der Waals surface area (Å²) in [6.45, 7) is 0. The summed E-state index contributed by atoms with van der Waals surface area (Å²) in [5, 5.41) is 0. The fraction of sp³-hybridized carbons (Fsp3) is 0.0476. The van der Waals surface area contributed by atoms with Gasteiger partial charge in [-0.2, -0.15) is 0 Å². The van der Waals surface area contributed by atoms with E-state index in [-0.39, 0.29) is 5.97 Å². The molecule has 0 radical (unpaired) electrons. The standard InChI is InChI=1S/C21H16N2O3/c22-15-9-12-20(23-13-15)25-18-8-4-7-16-17(18)10-11-19(16)26-21(24)14-5-2-1-3-6-14/h1-9,11-13H,10,22H2. The Morgan fingerprint density at radius 2 is 1.85 bits per heavy atom. The lowest BCUT2D eigenvalue weighted by molar-refractivity contribution is 0.0692. The lowest BCUT2D eigenvalue weighted by Crippen LogP contribution is -2.04. The number of allylic oxidation sites excluding steroid dienone is 1. The Morgan fingerprint density at radius 3 is 2.62 bits per heavy atom. The molecule has 0 saturated carbocycles. The van der Waals surface area contributed by atoms with Crippen molar-refractivity contribution < 1.29 is 14.3 Å². The van der Waals surface area contributed by atoms with Crippen LogP contribution in [0.1, 0.15) is 21.5 Å². The molecule has 0 atom stereocenters. The first-order valence-electron chi connectivity index (χ1n) is 8.20. The van der Waals surface area contributed by atoms with Crippen LogP contribution >= 0.6 is 0 Å². The van der Waals surface area contributed by atoms with E-state index in [1.165, 1.54) is 0 Å². The highest BCUT2D eigenvalue weighted by molar-refractivity contribution is 5.93. The molecule has 3 aromatic rings. The average Bonchev–Trinajstić information content (AvgIpc) is 3.08. The molecular weight excluding hydrogens is 328 g/mol. The number of hydrogen-bond donors (Lipinski definition) is 1. The van der Waals surface area contributed by atoms with E-state index in [1.807, 2.05) is 30.3 Å². The van der Waals surface area contributed by atoms with Crippen LogP contribution in [0.4, 0.5) is 5.69 Å². The molecule has 0 bridgehead atoms. The number of ether oxygens (including phenoxy) is 2. The van der Waals surface area contributed by atoms with Gasteiger partial charge in [-0.3, -0.25) is 0 Å². The number of nitrogen functional groups attached to an aromatic ring is 1. The van der Waals surface area contributed by atoms with Gasteiger partial charge < -0.3 is 15.2 Å². The molecule has 2 N–H and O–H groups in total. The van der Waals surface area contributed by atoms with E-state index in [0.717, 1.165) is 11.1 Å². The van der Waals surface area contributed by atoms with Crippen LogP contribution in [0.2, 0.25) is 0 Å². The van der Waals surface area contributed by atoms with Gasteiger partial charge >= 0.3 is 5.97 Å². The highest BCUT2D eigenvalue weighted by atomic mass is 16.5. The Morgan fingerprint density at radius 1 is 1.00 bits per heavy atom. The number of pyridine rings is 1. The zero-order valence-electron chi connectivity index (χ0n) is 13.9. The Hall–Kier alpha value is -3.60. The lowest BCUT2D eigenvalue weighted by atomic mass is 10.1. The van der Waals surface area contributed by atoms with Crippen molar-refractivity contribution in [1.29, 1.82) is 0 Å². The van der Waals surface area contributed by atoms with Gasteiger partial charge in [0.25, 0.3) is 0 Å². The zero-order chi connectivity index (χ0) is 17.9. The Labute approximate surface area is 150 Å². The van der Waals surface area contributed by atoms with Gasteiger partial charge in [-0.1, -0.05) is 30.3 Å². The fourth-order valence-electron chi connectivity index (χ4n) is 2.80. The van der Waals surface area contributed by atoms with Crippen molar-refractivity contribution in [2.24, 2.45) is 0 Å². The minimum Gasteiger partial charge on any atom is -0.439 e. The van der Waals surface area contributed by atoms with Crippen LogP contribution in [0.5, 0.6) is 11.6 Å². The molecule has 0 unspecified atom stereocenters. The molecule has 0 saturated heterocycles. The predicted octanol–water partition coefficient (Wildman–Crippen LogP) is 4.21. The first-order valence-corrected chi connectivity index (χ1v) is 8.20. The van der Waals surface area contributed by atoms with Crippen molar-refractivity contribution in [2.75, 3.05) is 5.73 Å². The van der Waals surface area contributed by atoms with Gasteiger partial charge in [0.1, 0.15) is 11.5 Å². The number of nitrogens with two attached hydrogens (primary N) is 1. The molecule has 0 spiro atoms. The van der Waals surface area contributed by atoms with Gasteiger partial charge in [0.2, 0.25) is 5.88 Å². The van der Waals surface area contributed by atoms with E-state index in [4.69, 9.17) is 15.2 Å². The third-order valence-corrected chi connectivity index (χ3v) is 4.08. The summed E-state index contributed by atoms with van der Waals surface area (Å²) >= 11 is 0. The molecule has 4 rings (SSSR count). The van der Waals surface area contributed by atoms with Crippen LogP contribution in [-0.2, 0) is 11.2 Å². The van der Waals surface area contributed by atoms with Gasteiger partial charge in [-0.15, -0.1) is 0 Å². The highest BCUT2D eigenvalue weighted by Crippen LogP contribution is 2.36. The van der Waals surface area contributed by atoms with Gasteiger partial charge in [0.05, 0.1) is 17.4 Å². The lowest BCUT2D eigenvalue weighted by Gasteiger charge is -2.11. The molecule has 5 heteroatoms. The third kappa shape index (κ3) is 3.15. The van der Waals surface area contributed by atoms with E-state index in [1.54, 1.807) is 42.6 Å². The summed E-state index contributed by atoms with van der Waals surface area (Å²) in [6.07, 6.45) is 4.05. The topological polar surface area (TPSA) is 74.4 Å². The second-order valence-electron chi connectivity index (χ2n) is 5.84. The molecule has 0 amide bonds. The molecule has 5 nitrogen and oxygen atoms in total. The minimum absolute atomic E-state index is 0.378. The third-order valence-electron chi connectivity index (χ3n) is 4.08. The molecule has 1 aromatic heterocycles. The normalized spacial score (nSPS) is 12.2. The maximum Gasteiger partial charge on any atom is 0.343 e. The Kier molecular flexibility index (Phi) is 4.11. The van der Waals surface area contributed by atoms with Gasteiger partial charge in [0, 0.05) is 17.2 Å². The molecule has 1 aliphatic rings. The van der Waals surface area contributed by atoms with E-state index >= 15 is 0 Å². The summed E-state index contributed by atoms with van der Waals surface area (Å²) in [4.78, 5) is 16.5. The number of benzene rings is 2. The number of carbonyl (C=O) groups excluding carboxylic acids is 1. The van der Waals surface area contributed by atoms with Crippen molar-refractivity contribution >= 4 is 17.4 Å². The van der Waals surface area contributed by atoms with E-state index in [9.17, 15) is 4.79 Å². The monoisotopic (exact) mass is 344 g/mol. The zero-order valence-corrected chi connectivity index (χ0v) is 13.9. The number of anilines is 1. The fourth-order valence-corrected chi connectivity index (χ4v) is 2.80. The molecule has 0 aliphatic heterocycles. The van der Waals surface area contributed by atoms with E-state index < -0.39 is 0 Å². The quantitative estimate of drug-likeness (QED) is 0.718. The van der Waals surface area contributed by atoms with Crippen LogP contribution in [0.25, 0.3) is 5.76 Å². The van der Waals surface area contributed by atoms with Gasteiger partial charge in [-0.25, -0.2) is 9.78 Å². The number of rotatable bonds is 4. The average molecular weight is 344 g/mol. The minimum atomic E-state index is -0.378. The number of carbonyl (C=O) groups is 1. The van der Waals surface area contributed by atoms with Crippen LogP contribution < -0.4 is 10.5 Å². The second-order valence-corrected chi connectivity index (χ2v) is 5.84. The van der Waals surface area contributed by atoms with Crippen molar-refractivity contribution in [3.63, 3.8) is 0 Å². The Bertz CT molecular complexity index is 980. The summed E-state index contributed by atoms with van der Waals surface area (Å²) in [5.41, 5.74) is 8.55. The maximum atomic E-state index is 12.3. The van der Waals surface area contributed by atoms with Crippen molar-refractivity contribution in [1.82, 2.24) is 4.98 Å².